The molecule has 2 aromatic carbocycles. The standard InChI is InChI=1S/C25H26F2N2O3S/c1-32-14-3-13-28(25(31)20-7-11-22(27)12-8-20)18-24(30)29(17-23-4-2-15-33-23)16-19-5-9-21(26)10-6-19/h2,4-12,15H,3,13-14,16-18H2,1H3. The molecule has 0 spiro atoms. The second-order valence-electron chi connectivity index (χ2n) is 7.54. The monoisotopic (exact) mass is 472 g/mol. The van der Waals surface area contributed by atoms with Gasteiger partial charge < -0.3 is 14.5 Å². The number of thiophene rings is 1. The number of rotatable bonds is 11. The predicted molar refractivity (Wildman–Crippen MR) is 124 cm³/mol. The lowest BCUT2D eigenvalue weighted by atomic mass is 10.1. The Labute approximate surface area is 196 Å². The van der Waals surface area contributed by atoms with Gasteiger partial charge in [-0.25, -0.2) is 8.78 Å². The molecule has 0 bridgehead atoms. The van der Waals surface area contributed by atoms with Crippen LogP contribution in [0.5, 0.6) is 0 Å². The number of methoxy groups -OCH3 is 1. The molecule has 0 fully saturated rings. The molecule has 0 N–H and O–H groups in total. The van der Waals surface area contributed by atoms with E-state index in [9.17, 15) is 18.4 Å². The molecule has 0 atom stereocenters. The van der Waals surface area contributed by atoms with Gasteiger partial charge in [0.25, 0.3) is 5.91 Å². The maximum Gasteiger partial charge on any atom is 0.254 e. The molecule has 174 valence electrons. The van der Waals surface area contributed by atoms with E-state index in [0.717, 1.165) is 10.4 Å². The van der Waals surface area contributed by atoms with E-state index in [1.807, 2.05) is 17.5 Å². The lowest BCUT2D eigenvalue weighted by molar-refractivity contribution is -0.133. The number of benzene rings is 2. The van der Waals surface area contributed by atoms with Crippen molar-refractivity contribution >= 4 is 23.2 Å². The second-order valence-corrected chi connectivity index (χ2v) is 8.57. The molecule has 8 heteroatoms. The van der Waals surface area contributed by atoms with Crippen molar-refractivity contribution in [1.82, 2.24) is 9.80 Å². The van der Waals surface area contributed by atoms with Crippen molar-refractivity contribution in [2.24, 2.45) is 0 Å². The van der Waals surface area contributed by atoms with E-state index < -0.39 is 5.82 Å². The lowest BCUT2D eigenvalue weighted by Crippen LogP contribution is -2.43. The molecule has 5 nitrogen and oxygen atoms in total. The Kier molecular flexibility index (Phi) is 9.09. The average molecular weight is 473 g/mol. The quantitative estimate of drug-likeness (QED) is 0.379. The van der Waals surface area contributed by atoms with Gasteiger partial charge in [0.15, 0.2) is 0 Å². The van der Waals surface area contributed by atoms with E-state index in [1.165, 1.54) is 52.6 Å². The smallest absolute Gasteiger partial charge is 0.254 e. The molecule has 0 aliphatic rings. The van der Waals surface area contributed by atoms with E-state index in [2.05, 4.69) is 0 Å². The fraction of sp³-hybridized carbons (Fsp3) is 0.280. The molecule has 1 heterocycles. The van der Waals surface area contributed by atoms with Crippen LogP contribution in [0.3, 0.4) is 0 Å². The fourth-order valence-corrected chi connectivity index (χ4v) is 4.04. The van der Waals surface area contributed by atoms with Crippen LogP contribution in [-0.4, -0.2) is 48.4 Å². The minimum absolute atomic E-state index is 0.132. The third kappa shape index (κ3) is 7.47. The Morgan fingerprint density at radius 1 is 0.909 bits per heavy atom. The molecule has 3 aromatic rings. The fourth-order valence-electron chi connectivity index (χ4n) is 3.32. The molecule has 0 unspecified atom stereocenters. The Bertz CT molecular complexity index is 1020. The van der Waals surface area contributed by atoms with E-state index in [0.29, 0.717) is 31.7 Å². The topological polar surface area (TPSA) is 49.9 Å². The van der Waals surface area contributed by atoms with Crippen molar-refractivity contribution < 1.29 is 23.1 Å². The van der Waals surface area contributed by atoms with Crippen molar-refractivity contribution in [2.45, 2.75) is 19.5 Å². The largest absolute Gasteiger partial charge is 0.385 e. The van der Waals surface area contributed by atoms with Crippen LogP contribution in [0.2, 0.25) is 0 Å². The number of ether oxygens (including phenoxy) is 1. The molecule has 0 radical (unpaired) electrons. The molecular weight excluding hydrogens is 446 g/mol. The number of halogens is 2. The highest BCUT2D eigenvalue weighted by molar-refractivity contribution is 7.09. The highest BCUT2D eigenvalue weighted by Gasteiger charge is 2.23. The first kappa shape index (κ1) is 24.5. The minimum atomic E-state index is -0.435. The van der Waals surface area contributed by atoms with Gasteiger partial charge in [0.05, 0.1) is 6.54 Å². The van der Waals surface area contributed by atoms with Gasteiger partial charge in [-0.15, -0.1) is 11.3 Å². The number of carbonyl (C=O) groups is 2. The van der Waals surface area contributed by atoms with E-state index in [-0.39, 0.29) is 30.7 Å². The Morgan fingerprint density at radius 2 is 1.58 bits per heavy atom. The summed E-state index contributed by atoms with van der Waals surface area (Å²) in [5.41, 5.74) is 1.10. The Morgan fingerprint density at radius 3 is 2.18 bits per heavy atom. The van der Waals surface area contributed by atoms with Crippen LogP contribution < -0.4 is 0 Å². The van der Waals surface area contributed by atoms with Crippen LogP contribution in [0.1, 0.15) is 27.2 Å². The summed E-state index contributed by atoms with van der Waals surface area (Å²) in [6.07, 6.45) is 0.555. The van der Waals surface area contributed by atoms with Gasteiger partial charge in [0.1, 0.15) is 18.2 Å². The number of nitrogens with zero attached hydrogens (tertiary/aromatic N) is 2. The van der Waals surface area contributed by atoms with Gasteiger partial charge in [0.2, 0.25) is 5.91 Å². The highest BCUT2D eigenvalue weighted by Crippen LogP contribution is 2.16. The van der Waals surface area contributed by atoms with Gasteiger partial charge in [0, 0.05) is 37.2 Å². The second kappa shape index (κ2) is 12.2. The van der Waals surface area contributed by atoms with E-state index >= 15 is 0 Å². The first-order valence-corrected chi connectivity index (χ1v) is 11.4. The zero-order valence-corrected chi connectivity index (χ0v) is 19.2. The summed E-state index contributed by atoms with van der Waals surface area (Å²) in [5, 5.41) is 1.94. The van der Waals surface area contributed by atoms with E-state index in [4.69, 9.17) is 4.74 Å². The summed E-state index contributed by atoms with van der Waals surface area (Å²) in [5.74, 6) is -1.36. The summed E-state index contributed by atoms with van der Waals surface area (Å²) in [6.45, 7) is 1.29. The summed E-state index contributed by atoms with van der Waals surface area (Å²) in [7, 11) is 1.57. The van der Waals surface area contributed by atoms with Crippen molar-refractivity contribution in [3.63, 3.8) is 0 Å². The van der Waals surface area contributed by atoms with Crippen molar-refractivity contribution in [2.75, 3.05) is 26.8 Å². The first-order chi connectivity index (χ1) is 16.0. The predicted octanol–water partition coefficient (Wildman–Crippen LogP) is 4.73. The van der Waals surface area contributed by atoms with E-state index in [1.54, 1.807) is 24.1 Å². The zero-order valence-electron chi connectivity index (χ0n) is 18.4. The Hall–Kier alpha value is -3.10. The van der Waals surface area contributed by atoms with Crippen molar-refractivity contribution in [3.8, 4) is 0 Å². The highest BCUT2D eigenvalue weighted by atomic mass is 32.1. The summed E-state index contributed by atoms with van der Waals surface area (Å²) in [4.78, 5) is 30.5. The van der Waals surface area contributed by atoms with Gasteiger partial charge >= 0.3 is 0 Å². The maximum absolute atomic E-state index is 13.3. The van der Waals surface area contributed by atoms with Crippen LogP contribution in [-0.2, 0) is 22.6 Å². The molecule has 0 aliphatic carbocycles. The Balaban J connectivity index is 1.78. The van der Waals surface area contributed by atoms with Gasteiger partial charge in [-0.3, -0.25) is 9.59 Å². The molecular formula is C25H26F2N2O3S. The van der Waals surface area contributed by atoms with Crippen molar-refractivity contribution in [1.29, 1.82) is 0 Å². The number of hydrogen-bond acceptors (Lipinski definition) is 4. The third-order valence-corrected chi connectivity index (χ3v) is 5.91. The maximum atomic E-state index is 13.3. The molecule has 0 saturated heterocycles. The number of carbonyl (C=O) groups excluding carboxylic acids is 2. The van der Waals surface area contributed by atoms with Gasteiger partial charge in [-0.2, -0.15) is 0 Å². The summed E-state index contributed by atoms with van der Waals surface area (Å²) >= 11 is 1.54. The summed E-state index contributed by atoms with van der Waals surface area (Å²) < 4.78 is 31.7. The SMILES string of the molecule is COCCCN(CC(=O)N(Cc1ccc(F)cc1)Cc1cccs1)C(=O)c1ccc(F)cc1. The van der Waals surface area contributed by atoms with Crippen LogP contribution in [0.4, 0.5) is 8.78 Å². The molecule has 0 saturated carbocycles. The lowest BCUT2D eigenvalue weighted by Gasteiger charge is -2.28. The van der Waals surface area contributed by atoms with Crippen molar-refractivity contribution in [3.05, 3.63) is 93.7 Å². The normalized spacial score (nSPS) is 10.8. The summed E-state index contributed by atoms with van der Waals surface area (Å²) in [6, 6.07) is 15.1. The van der Waals surface area contributed by atoms with Crippen LogP contribution in [0.15, 0.2) is 66.0 Å². The third-order valence-electron chi connectivity index (χ3n) is 5.05. The first-order valence-electron chi connectivity index (χ1n) is 10.5. The van der Waals surface area contributed by atoms with Crippen LogP contribution >= 0.6 is 11.3 Å². The van der Waals surface area contributed by atoms with Crippen LogP contribution in [0.25, 0.3) is 0 Å². The molecule has 2 amide bonds. The molecule has 33 heavy (non-hydrogen) atoms. The molecule has 0 aliphatic heterocycles. The molecule has 3 rings (SSSR count). The van der Waals surface area contributed by atoms with Gasteiger partial charge in [-0.05, 0) is 59.8 Å². The average Bonchev–Trinajstić information content (AvgIpc) is 3.33. The number of amides is 2. The number of hydrogen-bond donors (Lipinski definition) is 0. The zero-order chi connectivity index (χ0) is 23.6. The minimum Gasteiger partial charge on any atom is -0.385 e. The van der Waals surface area contributed by atoms with Crippen LogP contribution in [0, 0.1) is 11.6 Å². The van der Waals surface area contributed by atoms with Gasteiger partial charge in [-0.1, -0.05) is 18.2 Å². The molecule has 1 aromatic heterocycles.